The van der Waals surface area contributed by atoms with E-state index < -0.39 is 27.2 Å². The third-order valence-corrected chi connectivity index (χ3v) is 7.12. The number of nitrogens with one attached hydrogen (secondary N) is 1. The Bertz CT molecular complexity index is 1840. The average molecular weight is 540 g/mol. The molecular weight excluding hydrogens is 520 g/mol. The first-order chi connectivity index (χ1) is 18.2. The predicted octanol–water partition coefficient (Wildman–Crippen LogP) is 4.74. The lowest BCUT2D eigenvalue weighted by Crippen LogP contribution is -2.19. The minimum Gasteiger partial charge on any atom is -0.495 e. The number of hydrogen-bond donors (Lipinski definition) is 1. The normalized spacial score (nSPS) is 11.5. The van der Waals surface area contributed by atoms with Crippen LogP contribution in [0.4, 0.5) is 14.8 Å². The lowest BCUT2D eigenvalue weighted by atomic mass is 10.0. The van der Waals surface area contributed by atoms with Crippen LogP contribution >= 0.6 is 0 Å². The van der Waals surface area contributed by atoms with E-state index in [-0.39, 0.29) is 33.7 Å². The molecule has 3 aromatic carbocycles. The molecule has 38 heavy (non-hydrogen) atoms. The number of ether oxygens (including phenoxy) is 2. The lowest BCUT2D eigenvalue weighted by Gasteiger charge is -2.17. The van der Waals surface area contributed by atoms with Gasteiger partial charge in [-0.15, -0.1) is 0 Å². The molecule has 0 amide bonds. The lowest BCUT2D eigenvalue weighted by molar-refractivity contribution is 0.386. The summed E-state index contributed by atoms with van der Waals surface area (Å²) in [6.07, 6.45) is 2.52. The van der Waals surface area contributed by atoms with Gasteiger partial charge in [0.25, 0.3) is 15.6 Å². The molecule has 2 aromatic heterocycles. The summed E-state index contributed by atoms with van der Waals surface area (Å²) in [4.78, 5) is 16.6. The molecule has 0 saturated carbocycles. The summed E-state index contributed by atoms with van der Waals surface area (Å²) in [7, 11) is -1.38. The van der Waals surface area contributed by atoms with Gasteiger partial charge in [0.05, 0.1) is 36.5 Å². The van der Waals surface area contributed by atoms with E-state index in [1.807, 2.05) is 0 Å². The summed E-state index contributed by atoms with van der Waals surface area (Å²) in [5, 5.41) is 0.384. The van der Waals surface area contributed by atoms with Gasteiger partial charge in [0.1, 0.15) is 17.8 Å². The van der Waals surface area contributed by atoms with Crippen molar-refractivity contribution in [3.05, 3.63) is 95.1 Å². The molecule has 5 rings (SSSR count). The number of aromatic nitrogens is 2. The van der Waals surface area contributed by atoms with Crippen LogP contribution in [0.3, 0.4) is 0 Å². The average Bonchev–Trinajstić information content (AvgIpc) is 3.41. The Morgan fingerprint density at radius 3 is 2.42 bits per heavy atom. The molecule has 194 valence electrons. The maximum Gasteiger partial charge on any atom is 0.308 e. The highest BCUT2D eigenvalue weighted by atomic mass is 32.2. The zero-order valence-electron chi connectivity index (χ0n) is 19.9. The predicted molar refractivity (Wildman–Crippen MR) is 135 cm³/mol. The zero-order chi connectivity index (χ0) is 27.0. The first-order valence-corrected chi connectivity index (χ1v) is 12.5. The number of sulfonamides is 1. The number of anilines is 1. The summed E-state index contributed by atoms with van der Waals surface area (Å²) < 4.78 is 73.7. The number of pyridine rings is 1. The fraction of sp³-hybridized carbons (Fsp3) is 0.0769. The Morgan fingerprint density at radius 2 is 1.71 bits per heavy atom. The van der Waals surface area contributed by atoms with Crippen LogP contribution in [0.15, 0.2) is 87.2 Å². The Hall–Kier alpha value is -4.71. The third kappa shape index (κ3) is 4.45. The molecule has 0 aliphatic rings. The standard InChI is InChI=1S/C26H19F2N3O6S/c1-35-23-12-15(3-6-19(23)27)18-13-24(36-2)22(14-20(18)28)31-21-7-5-17(11-16(21)4-8-25(31)32)38(33,34)30-26-29-9-10-37-26/h3-14H,1-2H3,(H,29,30). The van der Waals surface area contributed by atoms with Gasteiger partial charge in [-0.25, -0.2) is 26.9 Å². The molecule has 0 aliphatic carbocycles. The zero-order valence-corrected chi connectivity index (χ0v) is 20.8. The van der Waals surface area contributed by atoms with Gasteiger partial charge in [0.2, 0.25) is 0 Å². The number of oxazole rings is 1. The maximum absolute atomic E-state index is 15.4. The van der Waals surface area contributed by atoms with Gasteiger partial charge in [-0.1, -0.05) is 6.07 Å². The number of nitrogens with zero attached hydrogens (tertiary/aromatic N) is 2. The number of methoxy groups -OCH3 is 2. The molecule has 0 aliphatic heterocycles. The van der Waals surface area contributed by atoms with Crippen molar-refractivity contribution in [2.45, 2.75) is 4.90 Å². The van der Waals surface area contributed by atoms with Crippen molar-refractivity contribution in [2.75, 3.05) is 18.9 Å². The monoisotopic (exact) mass is 539 g/mol. The van der Waals surface area contributed by atoms with E-state index in [9.17, 15) is 17.6 Å². The first-order valence-electron chi connectivity index (χ1n) is 11.0. The molecule has 5 aromatic rings. The van der Waals surface area contributed by atoms with Crippen LogP contribution < -0.4 is 19.8 Å². The van der Waals surface area contributed by atoms with Crippen LogP contribution in [-0.2, 0) is 10.0 Å². The SMILES string of the molecule is COc1cc(-c2cc(OC)c(-n3c(=O)ccc4cc(S(=O)(=O)Nc5ncco5)ccc43)cc2F)ccc1F. The van der Waals surface area contributed by atoms with Crippen LogP contribution in [0.25, 0.3) is 27.7 Å². The Morgan fingerprint density at radius 1 is 0.921 bits per heavy atom. The van der Waals surface area contributed by atoms with Crippen LogP contribution in [0, 0.1) is 11.6 Å². The van der Waals surface area contributed by atoms with Crippen LogP contribution in [0.1, 0.15) is 0 Å². The molecule has 0 spiro atoms. The summed E-state index contributed by atoms with van der Waals surface area (Å²) >= 11 is 0. The van der Waals surface area contributed by atoms with Crippen molar-refractivity contribution in [3.63, 3.8) is 0 Å². The molecule has 0 radical (unpaired) electrons. The Balaban J connectivity index is 1.64. The first kappa shape index (κ1) is 25.0. The minimum absolute atomic E-state index is 0.0571. The molecule has 0 bridgehead atoms. The van der Waals surface area contributed by atoms with Gasteiger partial charge in [-0.2, -0.15) is 0 Å². The second kappa shape index (κ2) is 9.63. The molecule has 0 saturated heterocycles. The number of fused-ring (bicyclic) bond motifs is 1. The van der Waals surface area contributed by atoms with E-state index in [1.54, 1.807) is 0 Å². The molecule has 0 atom stereocenters. The second-order valence-corrected chi connectivity index (χ2v) is 9.71. The minimum atomic E-state index is -4.04. The van der Waals surface area contributed by atoms with Crippen molar-refractivity contribution < 1.29 is 31.1 Å². The van der Waals surface area contributed by atoms with Gasteiger partial charge in [0.15, 0.2) is 11.6 Å². The molecular formula is C26H19F2N3O6S. The van der Waals surface area contributed by atoms with Gasteiger partial charge in [0, 0.05) is 23.1 Å². The fourth-order valence-corrected chi connectivity index (χ4v) is 4.99. The third-order valence-electron chi connectivity index (χ3n) is 5.80. The van der Waals surface area contributed by atoms with E-state index in [0.717, 1.165) is 12.1 Å². The summed E-state index contributed by atoms with van der Waals surface area (Å²) in [5.74, 6) is -1.20. The fourth-order valence-electron chi connectivity index (χ4n) is 4.02. The van der Waals surface area contributed by atoms with E-state index in [2.05, 4.69) is 9.71 Å². The molecule has 2 heterocycles. The smallest absolute Gasteiger partial charge is 0.308 e. The van der Waals surface area contributed by atoms with Crippen molar-refractivity contribution in [1.82, 2.24) is 9.55 Å². The van der Waals surface area contributed by atoms with Crippen molar-refractivity contribution in [3.8, 4) is 28.3 Å². The number of rotatable bonds is 7. The van der Waals surface area contributed by atoms with Gasteiger partial charge < -0.3 is 13.9 Å². The largest absolute Gasteiger partial charge is 0.495 e. The number of halogens is 2. The van der Waals surface area contributed by atoms with E-state index in [1.165, 1.54) is 79.8 Å². The second-order valence-electron chi connectivity index (χ2n) is 8.02. The van der Waals surface area contributed by atoms with Crippen LogP contribution in [-0.4, -0.2) is 32.2 Å². The summed E-state index contributed by atoms with van der Waals surface area (Å²) in [6, 6.07) is 13.0. The highest BCUT2D eigenvalue weighted by Gasteiger charge is 2.20. The van der Waals surface area contributed by atoms with E-state index in [0.29, 0.717) is 16.5 Å². The maximum atomic E-state index is 15.4. The highest BCUT2D eigenvalue weighted by Crippen LogP contribution is 2.35. The van der Waals surface area contributed by atoms with Crippen LogP contribution in [0.5, 0.6) is 11.5 Å². The molecule has 0 unspecified atom stereocenters. The summed E-state index contributed by atoms with van der Waals surface area (Å²) in [5.41, 5.74) is 0.334. The molecule has 9 nitrogen and oxygen atoms in total. The molecule has 0 fully saturated rings. The van der Waals surface area contributed by atoms with E-state index in [4.69, 9.17) is 13.9 Å². The van der Waals surface area contributed by atoms with Crippen molar-refractivity contribution in [2.24, 2.45) is 0 Å². The van der Waals surface area contributed by atoms with Gasteiger partial charge >= 0.3 is 6.01 Å². The topological polar surface area (TPSA) is 113 Å². The highest BCUT2D eigenvalue weighted by molar-refractivity contribution is 7.92. The van der Waals surface area contributed by atoms with Crippen LogP contribution in [0.2, 0.25) is 0 Å². The molecule has 1 N–H and O–H groups in total. The number of benzene rings is 3. The molecule has 12 heteroatoms. The Kier molecular flexibility index (Phi) is 6.33. The summed E-state index contributed by atoms with van der Waals surface area (Å²) in [6.45, 7) is 0. The van der Waals surface area contributed by atoms with Crippen molar-refractivity contribution in [1.29, 1.82) is 0 Å². The van der Waals surface area contributed by atoms with Gasteiger partial charge in [-0.05, 0) is 48.0 Å². The van der Waals surface area contributed by atoms with E-state index >= 15 is 4.39 Å². The number of hydrogen-bond acceptors (Lipinski definition) is 7. The van der Waals surface area contributed by atoms with Crippen molar-refractivity contribution >= 4 is 26.9 Å². The Labute approximate surface area is 214 Å². The van der Waals surface area contributed by atoms with Gasteiger partial charge in [-0.3, -0.25) is 9.36 Å². The quantitative estimate of drug-likeness (QED) is 0.318.